The summed E-state index contributed by atoms with van der Waals surface area (Å²) in [6, 6.07) is 20.1. The predicted molar refractivity (Wildman–Crippen MR) is 144 cm³/mol. The average Bonchev–Trinajstić information content (AvgIpc) is 2.90. The van der Waals surface area contributed by atoms with Crippen molar-refractivity contribution in [3.63, 3.8) is 0 Å². The maximum atomic E-state index is 13.9. The molecular weight excluding hydrogens is 532 g/mol. The van der Waals surface area contributed by atoms with Crippen LogP contribution in [0, 0.1) is 5.82 Å². The number of carbonyl (C=O) groups excluding carboxylic acids is 1. The molecule has 1 amide bonds. The van der Waals surface area contributed by atoms with Crippen LogP contribution >= 0.6 is 23.2 Å². The van der Waals surface area contributed by atoms with E-state index in [4.69, 9.17) is 32.7 Å². The van der Waals surface area contributed by atoms with Gasteiger partial charge in [0.2, 0.25) is 0 Å². The van der Waals surface area contributed by atoms with Crippen LogP contribution in [0.25, 0.3) is 10.8 Å². The van der Waals surface area contributed by atoms with Crippen LogP contribution < -0.4 is 10.1 Å². The van der Waals surface area contributed by atoms with Crippen LogP contribution in [-0.2, 0) is 22.7 Å². The smallest absolute Gasteiger partial charge is 0.328 e. The van der Waals surface area contributed by atoms with Gasteiger partial charge in [-0.2, -0.15) is 0 Å². The van der Waals surface area contributed by atoms with E-state index in [0.717, 1.165) is 5.56 Å². The zero-order valence-corrected chi connectivity index (χ0v) is 21.8. The van der Waals surface area contributed by atoms with Crippen LogP contribution in [0.5, 0.6) is 5.75 Å². The summed E-state index contributed by atoms with van der Waals surface area (Å²) in [6.45, 7) is 1.79. The number of hydrogen-bond donors (Lipinski definition) is 2. The molecule has 6 nitrogen and oxygen atoms in total. The highest BCUT2D eigenvalue weighted by molar-refractivity contribution is 6.42. The van der Waals surface area contributed by atoms with Gasteiger partial charge in [0.1, 0.15) is 18.2 Å². The van der Waals surface area contributed by atoms with E-state index in [9.17, 15) is 19.1 Å². The summed E-state index contributed by atoms with van der Waals surface area (Å²) in [5.74, 6) is -2.20. The molecule has 1 unspecified atom stereocenters. The van der Waals surface area contributed by atoms with E-state index in [1.54, 1.807) is 31.2 Å². The zero-order chi connectivity index (χ0) is 27.2. The molecule has 0 saturated heterocycles. The van der Waals surface area contributed by atoms with E-state index in [1.165, 1.54) is 24.3 Å². The second-order valence-corrected chi connectivity index (χ2v) is 9.45. The Labute approximate surface area is 228 Å². The molecule has 0 aromatic heterocycles. The molecule has 38 heavy (non-hydrogen) atoms. The molecule has 0 radical (unpaired) electrons. The van der Waals surface area contributed by atoms with Crippen molar-refractivity contribution in [2.24, 2.45) is 0 Å². The number of fused-ring (bicyclic) bond motifs is 1. The van der Waals surface area contributed by atoms with Crippen LogP contribution in [0.4, 0.5) is 4.39 Å². The number of hydrogen-bond acceptors (Lipinski definition) is 4. The molecule has 9 heteroatoms. The van der Waals surface area contributed by atoms with E-state index in [-0.39, 0.29) is 24.5 Å². The molecule has 4 aromatic rings. The highest BCUT2D eigenvalue weighted by Gasteiger charge is 2.29. The molecule has 0 bridgehead atoms. The van der Waals surface area contributed by atoms with Crippen LogP contribution in [0.3, 0.4) is 0 Å². The molecule has 0 saturated carbocycles. The fraction of sp³-hybridized carbons (Fsp3) is 0.172. The first-order chi connectivity index (χ1) is 18.2. The van der Waals surface area contributed by atoms with Gasteiger partial charge in [-0.3, -0.25) is 4.79 Å². The quantitative estimate of drug-likeness (QED) is 0.229. The maximum absolute atomic E-state index is 13.9. The molecule has 0 spiro atoms. The van der Waals surface area contributed by atoms with E-state index < -0.39 is 29.8 Å². The Hall–Kier alpha value is -3.65. The third-order valence-electron chi connectivity index (χ3n) is 5.92. The van der Waals surface area contributed by atoms with Gasteiger partial charge in [-0.25, -0.2) is 9.18 Å². The molecule has 2 N–H and O–H groups in total. The van der Waals surface area contributed by atoms with Gasteiger partial charge in [0.25, 0.3) is 5.91 Å². The monoisotopic (exact) mass is 555 g/mol. The lowest BCUT2D eigenvalue weighted by Gasteiger charge is -2.23. The fourth-order valence-electron chi connectivity index (χ4n) is 3.89. The van der Waals surface area contributed by atoms with E-state index in [0.29, 0.717) is 26.4 Å². The molecule has 0 aliphatic carbocycles. The number of carboxylic acid groups (broad SMARTS) is 1. The first-order valence-electron chi connectivity index (χ1n) is 11.7. The zero-order valence-electron chi connectivity index (χ0n) is 20.3. The van der Waals surface area contributed by atoms with Crippen LogP contribution in [0.15, 0.2) is 78.9 Å². The Kier molecular flexibility index (Phi) is 8.84. The van der Waals surface area contributed by atoms with Crippen molar-refractivity contribution in [2.75, 3.05) is 0 Å². The van der Waals surface area contributed by atoms with Gasteiger partial charge in [-0.15, -0.1) is 0 Å². The summed E-state index contributed by atoms with van der Waals surface area (Å²) in [4.78, 5) is 25.4. The molecule has 2 atom stereocenters. The molecule has 4 rings (SSSR count). The molecule has 196 valence electrons. The van der Waals surface area contributed by atoms with Crippen LogP contribution in [0.1, 0.15) is 28.4 Å². The first-order valence-corrected chi connectivity index (χ1v) is 12.5. The molecule has 0 heterocycles. The minimum absolute atomic E-state index is 0.0343. The lowest BCUT2D eigenvalue weighted by molar-refractivity contribution is -0.143. The molecule has 4 aromatic carbocycles. The number of carboxylic acids is 1. The van der Waals surface area contributed by atoms with Crippen molar-refractivity contribution in [1.82, 2.24) is 5.32 Å². The minimum atomic E-state index is -1.34. The van der Waals surface area contributed by atoms with Crippen molar-refractivity contribution in [3.8, 4) is 5.75 Å². The fourth-order valence-corrected chi connectivity index (χ4v) is 4.21. The summed E-state index contributed by atoms with van der Waals surface area (Å²) in [5, 5.41) is 14.1. The van der Waals surface area contributed by atoms with Gasteiger partial charge >= 0.3 is 5.97 Å². The second-order valence-electron chi connectivity index (χ2n) is 8.64. The van der Waals surface area contributed by atoms with Gasteiger partial charge in [0, 0.05) is 5.39 Å². The third-order valence-corrected chi connectivity index (χ3v) is 6.66. The first kappa shape index (κ1) is 27.4. The van der Waals surface area contributed by atoms with Gasteiger partial charge in [-0.1, -0.05) is 65.7 Å². The molecule has 0 fully saturated rings. The third kappa shape index (κ3) is 6.61. The Bertz CT molecular complexity index is 1460. The largest absolute Gasteiger partial charge is 0.487 e. The molecule has 0 aliphatic heterocycles. The van der Waals surface area contributed by atoms with Gasteiger partial charge in [-0.05, 0) is 59.8 Å². The molecule has 0 aliphatic rings. The number of ether oxygens (including phenoxy) is 2. The van der Waals surface area contributed by atoms with Crippen molar-refractivity contribution < 1.29 is 28.6 Å². The number of halogens is 3. The second kappa shape index (κ2) is 12.3. The predicted octanol–water partition coefficient (Wildman–Crippen LogP) is 6.65. The van der Waals surface area contributed by atoms with E-state index in [2.05, 4.69) is 5.32 Å². The summed E-state index contributed by atoms with van der Waals surface area (Å²) in [6.07, 6.45) is -0.841. The van der Waals surface area contributed by atoms with Crippen molar-refractivity contribution in [1.29, 1.82) is 0 Å². The number of benzene rings is 4. The van der Waals surface area contributed by atoms with Crippen molar-refractivity contribution >= 4 is 45.9 Å². The average molecular weight is 556 g/mol. The number of nitrogens with one attached hydrogen (secondary N) is 1. The summed E-state index contributed by atoms with van der Waals surface area (Å²) >= 11 is 12.1. The lowest BCUT2D eigenvalue weighted by Crippen LogP contribution is -2.48. The molecular formula is C29H24Cl2FNO5. The Morgan fingerprint density at radius 1 is 0.921 bits per heavy atom. The van der Waals surface area contributed by atoms with Crippen LogP contribution in [-0.4, -0.2) is 29.1 Å². The van der Waals surface area contributed by atoms with Gasteiger partial charge in [0.15, 0.2) is 6.04 Å². The maximum Gasteiger partial charge on any atom is 0.328 e. The van der Waals surface area contributed by atoms with E-state index in [1.807, 2.05) is 30.3 Å². The standard InChI is InChI=1S/C29H24Cl2FNO5/c1-17(37-15-18-5-3-2-4-6-18)26(29(35)36)33-28(34)23-10-8-20-14-21(32)9-11-22(20)27(23)38-16-19-7-12-24(30)25(31)13-19/h2-14,17,26H,15-16H2,1H3,(H,33,34)(H,35,36)/t17?,26-/m0/s1. The van der Waals surface area contributed by atoms with Gasteiger partial charge in [0.05, 0.1) is 28.3 Å². The lowest BCUT2D eigenvalue weighted by atomic mass is 10.0. The number of aliphatic carboxylic acids is 1. The topological polar surface area (TPSA) is 84.9 Å². The highest BCUT2D eigenvalue weighted by Crippen LogP contribution is 2.32. The SMILES string of the molecule is CC(OCc1ccccc1)[C@H](NC(=O)c1ccc2cc(F)ccc2c1OCc1ccc(Cl)c(Cl)c1)C(=O)O. The van der Waals surface area contributed by atoms with Crippen molar-refractivity contribution in [3.05, 3.63) is 111 Å². The summed E-state index contributed by atoms with van der Waals surface area (Å²) < 4.78 is 25.7. The number of rotatable bonds is 10. The number of carbonyl (C=O) groups is 2. The van der Waals surface area contributed by atoms with Crippen LogP contribution in [0.2, 0.25) is 10.0 Å². The van der Waals surface area contributed by atoms with E-state index >= 15 is 0 Å². The Morgan fingerprint density at radius 2 is 1.68 bits per heavy atom. The summed E-state index contributed by atoms with van der Waals surface area (Å²) in [5.41, 5.74) is 1.65. The minimum Gasteiger partial charge on any atom is -0.487 e. The highest BCUT2D eigenvalue weighted by atomic mass is 35.5. The van der Waals surface area contributed by atoms with Gasteiger partial charge < -0.3 is 19.9 Å². The Morgan fingerprint density at radius 3 is 2.39 bits per heavy atom. The number of amides is 1. The summed E-state index contributed by atoms with van der Waals surface area (Å²) in [7, 11) is 0. The Balaban J connectivity index is 1.59. The van der Waals surface area contributed by atoms with Crippen molar-refractivity contribution in [2.45, 2.75) is 32.3 Å². The normalized spacial score (nSPS) is 12.6.